The molecule has 6 heteroatoms. The minimum Gasteiger partial charge on any atom is -0.462 e. The van der Waals surface area contributed by atoms with Gasteiger partial charge >= 0.3 is 0 Å². The van der Waals surface area contributed by atoms with E-state index in [9.17, 15) is 4.79 Å². The van der Waals surface area contributed by atoms with Crippen LogP contribution in [0.25, 0.3) is 11.0 Å². The van der Waals surface area contributed by atoms with Gasteiger partial charge in [-0.1, -0.05) is 0 Å². The molecule has 4 heterocycles. The Morgan fingerprint density at radius 1 is 1.40 bits per heavy atom. The minimum atomic E-state index is 0.313. The number of anilines is 1. The van der Waals surface area contributed by atoms with Gasteiger partial charge in [0.05, 0.1) is 24.7 Å². The molecule has 1 unspecified atom stereocenters. The number of rotatable bonds is 4. The standard InChI is InChI=1S/C19H24N4O2/c1-12-6-14-7-17(14)23(12)18(24)11-22-4-2-15(10-22)21-16-9-20-8-13-3-5-25-19(13)16/h3,5,8-9,12,14-15,17,21H,2,4,6-7,10-11H2,1H3/t12-,14?,15+,17+/m1/s1. The molecule has 2 aromatic heterocycles. The second-order valence-corrected chi connectivity index (χ2v) is 7.84. The predicted octanol–water partition coefficient (Wildman–Crippen LogP) is 2.32. The molecule has 3 aliphatic rings. The average Bonchev–Trinajstić information content (AvgIpc) is 2.97. The lowest BCUT2D eigenvalue weighted by Gasteiger charge is -2.27. The van der Waals surface area contributed by atoms with Gasteiger partial charge in [0.1, 0.15) is 0 Å². The van der Waals surface area contributed by atoms with Crippen LogP contribution in [0.1, 0.15) is 26.2 Å². The predicted molar refractivity (Wildman–Crippen MR) is 95.3 cm³/mol. The number of nitrogens with one attached hydrogen (secondary N) is 1. The third-order valence-corrected chi connectivity index (χ3v) is 6.00. The first kappa shape index (κ1) is 15.2. The fraction of sp³-hybridized carbons (Fsp3) is 0.579. The van der Waals surface area contributed by atoms with Crippen LogP contribution in [-0.2, 0) is 4.79 Å². The van der Waals surface area contributed by atoms with E-state index in [0.717, 1.165) is 42.1 Å². The molecular formula is C19H24N4O2. The number of amides is 1. The monoisotopic (exact) mass is 340 g/mol. The Hall–Kier alpha value is -2.08. The molecule has 0 radical (unpaired) electrons. The van der Waals surface area contributed by atoms with Gasteiger partial charge in [0.15, 0.2) is 5.58 Å². The quantitative estimate of drug-likeness (QED) is 0.925. The van der Waals surface area contributed by atoms with E-state index >= 15 is 0 Å². The van der Waals surface area contributed by atoms with Gasteiger partial charge < -0.3 is 14.6 Å². The first-order valence-electron chi connectivity index (χ1n) is 9.30. The summed E-state index contributed by atoms with van der Waals surface area (Å²) < 4.78 is 5.57. The smallest absolute Gasteiger partial charge is 0.237 e. The van der Waals surface area contributed by atoms with Crippen LogP contribution in [-0.4, -0.2) is 58.5 Å². The molecule has 0 bridgehead atoms. The first-order valence-corrected chi connectivity index (χ1v) is 9.30. The zero-order valence-corrected chi connectivity index (χ0v) is 14.5. The summed E-state index contributed by atoms with van der Waals surface area (Å²) in [5, 5.41) is 4.56. The van der Waals surface area contributed by atoms with Crippen LogP contribution in [0.5, 0.6) is 0 Å². The van der Waals surface area contributed by atoms with Crippen molar-refractivity contribution in [3.63, 3.8) is 0 Å². The lowest BCUT2D eigenvalue weighted by molar-refractivity contribution is -0.133. The summed E-state index contributed by atoms with van der Waals surface area (Å²) in [4.78, 5) is 21.4. The van der Waals surface area contributed by atoms with Gasteiger partial charge in [-0.25, -0.2) is 0 Å². The van der Waals surface area contributed by atoms with Crippen LogP contribution in [0.3, 0.4) is 0 Å². The molecular weight excluding hydrogens is 316 g/mol. The van der Waals surface area contributed by atoms with Gasteiger partial charge in [0.25, 0.3) is 0 Å². The number of furan rings is 1. The van der Waals surface area contributed by atoms with Gasteiger partial charge in [0.2, 0.25) is 5.91 Å². The molecule has 25 heavy (non-hydrogen) atoms. The number of likely N-dealkylation sites (tertiary alicyclic amines) is 2. The van der Waals surface area contributed by atoms with E-state index in [2.05, 4.69) is 27.0 Å². The number of hydrogen-bond acceptors (Lipinski definition) is 5. The number of hydrogen-bond donors (Lipinski definition) is 1. The number of carbonyl (C=O) groups excluding carboxylic acids is 1. The Labute approximate surface area is 147 Å². The van der Waals surface area contributed by atoms with Crippen molar-refractivity contribution in [2.24, 2.45) is 5.92 Å². The number of carbonyl (C=O) groups is 1. The summed E-state index contributed by atoms with van der Waals surface area (Å²) in [6.45, 7) is 4.59. The number of pyridine rings is 1. The maximum atomic E-state index is 12.7. The largest absolute Gasteiger partial charge is 0.462 e. The van der Waals surface area contributed by atoms with Crippen molar-refractivity contribution in [2.45, 2.75) is 44.3 Å². The first-order chi connectivity index (χ1) is 12.2. The fourth-order valence-electron chi connectivity index (χ4n) is 4.72. The second kappa shape index (κ2) is 5.73. The molecule has 1 amide bonds. The number of fused-ring (bicyclic) bond motifs is 2. The Kier molecular flexibility index (Phi) is 3.48. The van der Waals surface area contributed by atoms with Crippen LogP contribution < -0.4 is 5.32 Å². The number of nitrogens with zero attached hydrogens (tertiary/aromatic N) is 3. The Balaban J connectivity index is 1.20. The molecule has 0 aromatic carbocycles. The van der Waals surface area contributed by atoms with Gasteiger partial charge in [0, 0.05) is 42.8 Å². The van der Waals surface area contributed by atoms with Crippen molar-refractivity contribution in [2.75, 3.05) is 25.0 Å². The van der Waals surface area contributed by atoms with E-state index in [0.29, 0.717) is 30.6 Å². The molecule has 2 aromatic rings. The lowest BCUT2D eigenvalue weighted by atomic mass is 10.2. The van der Waals surface area contributed by atoms with E-state index in [1.54, 1.807) is 6.26 Å². The normalized spacial score (nSPS) is 31.5. The lowest BCUT2D eigenvalue weighted by Crippen LogP contribution is -2.43. The van der Waals surface area contributed by atoms with Crippen LogP contribution in [0.2, 0.25) is 0 Å². The molecule has 3 fully saturated rings. The van der Waals surface area contributed by atoms with Crippen molar-refractivity contribution >= 4 is 22.6 Å². The Bertz CT molecular complexity index is 802. The summed E-state index contributed by atoms with van der Waals surface area (Å²) >= 11 is 0. The Morgan fingerprint density at radius 3 is 3.16 bits per heavy atom. The van der Waals surface area contributed by atoms with Gasteiger partial charge in [-0.15, -0.1) is 0 Å². The fourth-order valence-corrected chi connectivity index (χ4v) is 4.72. The zero-order valence-electron chi connectivity index (χ0n) is 14.5. The topological polar surface area (TPSA) is 61.6 Å². The van der Waals surface area contributed by atoms with Crippen LogP contribution in [0, 0.1) is 5.92 Å². The minimum absolute atomic E-state index is 0.313. The van der Waals surface area contributed by atoms with Crippen LogP contribution in [0.15, 0.2) is 29.1 Å². The van der Waals surface area contributed by atoms with Crippen LogP contribution in [0.4, 0.5) is 5.69 Å². The molecule has 5 rings (SSSR count). The number of piperidine rings is 1. The second-order valence-electron chi connectivity index (χ2n) is 7.84. The van der Waals surface area contributed by atoms with E-state index in [-0.39, 0.29) is 0 Å². The molecule has 2 aliphatic heterocycles. The maximum absolute atomic E-state index is 12.7. The summed E-state index contributed by atoms with van der Waals surface area (Å²) in [5.74, 6) is 1.10. The molecule has 1 aliphatic carbocycles. The van der Waals surface area contributed by atoms with Gasteiger partial charge in [-0.2, -0.15) is 0 Å². The SMILES string of the molecule is C[C@@H]1CC2C[C@@H]2N1C(=O)CN1CC[C@H](Nc2cncc3ccoc23)C1. The third kappa shape index (κ3) is 2.68. The van der Waals surface area contributed by atoms with Crippen LogP contribution >= 0.6 is 0 Å². The highest BCUT2D eigenvalue weighted by Crippen LogP contribution is 2.47. The molecule has 1 saturated carbocycles. The van der Waals surface area contributed by atoms with Gasteiger partial charge in [-0.05, 0) is 38.2 Å². The Morgan fingerprint density at radius 2 is 2.32 bits per heavy atom. The molecule has 6 nitrogen and oxygen atoms in total. The van der Waals surface area contributed by atoms with E-state index in [1.807, 2.05) is 18.5 Å². The summed E-state index contributed by atoms with van der Waals surface area (Å²) in [6, 6.07) is 3.22. The number of aromatic nitrogens is 1. The third-order valence-electron chi connectivity index (χ3n) is 6.00. The maximum Gasteiger partial charge on any atom is 0.237 e. The summed E-state index contributed by atoms with van der Waals surface area (Å²) in [6.07, 6.45) is 8.78. The van der Waals surface area contributed by atoms with Crippen molar-refractivity contribution in [1.29, 1.82) is 0 Å². The highest BCUT2D eigenvalue weighted by molar-refractivity contribution is 5.87. The van der Waals surface area contributed by atoms with E-state index in [1.165, 1.54) is 12.8 Å². The molecule has 1 N–H and O–H groups in total. The molecule has 2 saturated heterocycles. The highest BCUT2D eigenvalue weighted by Gasteiger charge is 2.52. The summed E-state index contributed by atoms with van der Waals surface area (Å²) in [5.41, 5.74) is 1.80. The van der Waals surface area contributed by atoms with Crippen molar-refractivity contribution < 1.29 is 9.21 Å². The highest BCUT2D eigenvalue weighted by atomic mass is 16.3. The summed E-state index contributed by atoms with van der Waals surface area (Å²) in [7, 11) is 0. The zero-order chi connectivity index (χ0) is 17.0. The van der Waals surface area contributed by atoms with E-state index in [4.69, 9.17) is 4.42 Å². The van der Waals surface area contributed by atoms with Gasteiger partial charge in [-0.3, -0.25) is 14.7 Å². The van der Waals surface area contributed by atoms with Crippen molar-refractivity contribution in [1.82, 2.24) is 14.8 Å². The molecule has 0 spiro atoms. The van der Waals surface area contributed by atoms with Crippen molar-refractivity contribution in [3.05, 3.63) is 24.7 Å². The average molecular weight is 340 g/mol. The van der Waals surface area contributed by atoms with E-state index < -0.39 is 0 Å². The molecule has 4 atom stereocenters. The van der Waals surface area contributed by atoms with Crippen molar-refractivity contribution in [3.8, 4) is 0 Å². The molecule has 132 valence electrons.